The molecule has 10 heteroatoms. The third kappa shape index (κ3) is 3.79. The molecule has 1 aliphatic heterocycles. The molecule has 1 amide bonds. The minimum Gasteiger partial charge on any atom is -0.507 e. The number of benzene rings is 2. The van der Waals surface area contributed by atoms with Gasteiger partial charge in [-0.25, -0.2) is 9.78 Å². The number of nitrogens with zero attached hydrogens (tertiary/aromatic N) is 3. The van der Waals surface area contributed by atoms with E-state index in [0.29, 0.717) is 27.1 Å². The van der Waals surface area contributed by atoms with Crippen LogP contribution in [0.5, 0.6) is 5.75 Å². The van der Waals surface area contributed by atoms with Crippen molar-refractivity contribution in [3.8, 4) is 5.75 Å². The number of aliphatic hydroxyl groups is 1. The molecule has 4 aromatic rings. The first-order valence-electron chi connectivity index (χ1n) is 10.4. The van der Waals surface area contributed by atoms with Crippen LogP contribution in [0.3, 0.4) is 0 Å². The summed E-state index contributed by atoms with van der Waals surface area (Å²) in [7, 11) is 1.51. The van der Waals surface area contributed by atoms with E-state index in [-0.39, 0.29) is 22.0 Å². The number of Topliss-reactive ketones (excluding diaryl/α,β-unsaturated/α-hetero) is 1. The summed E-state index contributed by atoms with van der Waals surface area (Å²) in [4.78, 5) is 47.6. The number of aromatic nitrogens is 2. The summed E-state index contributed by atoms with van der Waals surface area (Å²) in [5.74, 6) is -2.57. The van der Waals surface area contributed by atoms with Gasteiger partial charge in [0.2, 0.25) is 0 Å². The third-order valence-electron chi connectivity index (χ3n) is 5.64. The topological polar surface area (TPSA) is 130 Å². The van der Waals surface area contributed by atoms with E-state index in [2.05, 4.69) is 9.97 Å². The maximum atomic E-state index is 13.3. The van der Waals surface area contributed by atoms with E-state index in [1.807, 2.05) is 0 Å². The Morgan fingerprint density at radius 3 is 2.46 bits per heavy atom. The smallest absolute Gasteiger partial charge is 0.335 e. The van der Waals surface area contributed by atoms with Gasteiger partial charge in [-0.3, -0.25) is 19.5 Å². The van der Waals surface area contributed by atoms with Gasteiger partial charge in [0.25, 0.3) is 5.78 Å². The van der Waals surface area contributed by atoms with E-state index in [4.69, 9.17) is 4.74 Å². The van der Waals surface area contributed by atoms with Crippen LogP contribution in [0, 0.1) is 0 Å². The number of ether oxygens (including phenoxy) is 1. The summed E-state index contributed by atoms with van der Waals surface area (Å²) in [6, 6.07) is 13.3. The zero-order chi connectivity index (χ0) is 24.7. The highest BCUT2D eigenvalue weighted by molar-refractivity contribution is 7.22. The Hall–Kier alpha value is -4.57. The highest BCUT2D eigenvalue weighted by Crippen LogP contribution is 2.44. The highest BCUT2D eigenvalue weighted by atomic mass is 32.1. The fourth-order valence-electron chi connectivity index (χ4n) is 3.94. The summed E-state index contributed by atoms with van der Waals surface area (Å²) in [6.07, 6.45) is 3.07. The van der Waals surface area contributed by atoms with Crippen molar-refractivity contribution < 1.29 is 29.3 Å². The second-order valence-electron chi connectivity index (χ2n) is 7.67. The number of amides is 1. The van der Waals surface area contributed by atoms with Gasteiger partial charge in [0.05, 0.1) is 34.5 Å². The third-order valence-corrected chi connectivity index (χ3v) is 6.66. The molecule has 0 aliphatic carbocycles. The summed E-state index contributed by atoms with van der Waals surface area (Å²) in [5.41, 5.74) is 1.31. The summed E-state index contributed by atoms with van der Waals surface area (Å²) >= 11 is 1.08. The average Bonchev–Trinajstić information content (AvgIpc) is 3.41. The van der Waals surface area contributed by atoms with Crippen molar-refractivity contribution in [2.45, 2.75) is 6.04 Å². The van der Waals surface area contributed by atoms with Crippen LogP contribution in [-0.2, 0) is 9.59 Å². The lowest BCUT2D eigenvalue weighted by Gasteiger charge is -2.22. The molecule has 2 aromatic heterocycles. The molecule has 0 bridgehead atoms. The number of ketones is 1. The van der Waals surface area contributed by atoms with E-state index in [1.54, 1.807) is 48.7 Å². The normalized spacial score (nSPS) is 17.2. The minimum absolute atomic E-state index is 0.0815. The van der Waals surface area contributed by atoms with E-state index in [1.165, 1.54) is 30.3 Å². The van der Waals surface area contributed by atoms with E-state index < -0.39 is 23.7 Å². The number of carbonyl (C=O) groups is 3. The van der Waals surface area contributed by atoms with Gasteiger partial charge < -0.3 is 14.9 Å². The van der Waals surface area contributed by atoms with Crippen LogP contribution < -0.4 is 9.64 Å². The number of carboxylic acids is 1. The molecule has 1 saturated heterocycles. The summed E-state index contributed by atoms with van der Waals surface area (Å²) in [6.45, 7) is 0. The van der Waals surface area contributed by atoms with Crippen LogP contribution in [0.25, 0.3) is 16.0 Å². The van der Waals surface area contributed by atoms with Crippen LogP contribution in [0.1, 0.15) is 27.5 Å². The Labute approximate surface area is 202 Å². The lowest BCUT2D eigenvalue weighted by atomic mass is 9.96. The largest absolute Gasteiger partial charge is 0.507 e. The highest BCUT2D eigenvalue weighted by Gasteiger charge is 2.48. The number of rotatable bonds is 5. The van der Waals surface area contributed by atoms with Gasteiger partial charge in [-0.15, -0.1) is 0 Å². The molecule has 1 aliphatic rings. The van der Waals surface area contributed by atoms with Crippen molar-refractivity contribution in [1.82, 2.24) is 9.97 Å². The van der Waals surface area contributed by atoms with E-state index >= 15 is 0 Å². The Balaban J connectivity index is 1.69. The Morgan fingerprint density at radius 2 is 1.80 bits per heavy atom. The summed E-state index contributed by atoms with van der Waals surface area (Å²) in [5, 5.41) is 20.6. The first kappa shape index (κ1) is 22.2. The van der Waals surface area contributed by atoms with Crippen LogP contribution in [-0.4, -0.2) is 45.0 Å². The Morgan fingerprint density at radius 1 is 1.06 bits per heavy atom. The number of hydrogen-bond acceptors (Lipinski definition) is 8. The average molecular weight is 487 g/mol. The number of fused-ring (bicyclic) bond motifs is 1. The van der Waals surface area contributed by atoms with Crippen LogP contribution >= 0.6 is 11.3 Å². The molecule has 9 nitrogen and oxygen atoms in total. The molecule has 5 rings (SSSR count). The molecular formula is C25H17N3O6S. The van der Waals surface area contributed by atoms with Crippen molar-refractivity contribution in [3.63, 3.8) is 0 Å². The Kier molecular flexibility index (Phi) is 5.50. The monoisotopic (exact) mass is 487 g/mol. The molecule has 0 radical (unpaired) electrons. The minimum atomic E-state index is -1.09. The van der Waals surface area contributed by atoms with Crippen LogP contribution in [0.4, 0.5) is 5.13 Å². The molecule has 0 saturated carbocycles. The molecule has 1 fully saturated rings. The lowest BCUT2D eigenvalue weighted by Crippen LogP contribution is -2.29. The molecule has 174 valence electrons. The van der Waals surface area contributed by atoms with Crippen molar-refractivity contribution in [2.75, 3.05) is 12.0 Å². The van der Waals surface area contributed by atoms with Gasteiger partial charge in [-0.1, -0.05) is 17.4 Å². The van der Waals surface area contributed by atoms with Crippen molar-refractivity contribution in [2.24, 2.45) is 0 Å². The molecule has 1 unspecified atom stereocenters. The van der Waals surface area contributed by atoms with E-state index in [0.717, 1.165) is 11.3 Å². The first-order valence-corrected chi connectivity index (χ1v) is 11.2. The number of thiazole rings is 1. The predicted molar refractivity (Wildman–Crippen MR) is 129 cm³/mol. The maximum Gasteiger partial charge on any atom is 0.335 e. The number of hydrogen-bond donors (Lipinski definition) is 2. The number of aromatic carboxylic acids is 1. The second kappa shape index (κ2) is 8.65. The van der Waals surface area contributed by atoms with Crippen molar-refractivity contribution in [3.05, 3.63) is 89.3 Å². The Bertz CT molecular complexity index is 1510. The van der Waals surface area contributed by atoms with Crippen LogP contribution in [0.15, 0.2) is 72.6 Å². The fourth-order valence-corrected chi connectivity index (χ4v) is 4.97. The fraction of sp³-hybridized carbons (Fsp3) is 0.0800. The zero-order valence-electron chi connectivity index (χ0n) is 18.2. The molecule has 2 aromatic carbocycles. The molecule has 1 atom stereocenters. The summed E-state index contributed by atoms with van der Waals surface area (Å²) < 4.78 is 5.69. The molecule has 0 spiro atoms. The standard InChI is InChI=1S/C25H17N3O6S/c1-34-16-7-4-13(5-8-16)21(29)19-20(15-3-2-10-26-12-15)28(23(31)22(19)30)25-27-17-9-6-14(24(32)33)11-18(17)35-25/h2-12,20,29H,1H3,(H,32,33)/b21-19+. The second-order valence-corrected chi connectivity index (χ2v) is 8.68. The SMILES string of the molecule is COc1ccc(/C(O)=C2\C(=O)C(=O)N(c3nc4ccc(C(=O)O)cc4s3)C2c2cccnc2)cc1. The molecule has 35 heavy (non-hydrogen) atoms. The molecule has 3 heterocycles. The molecular weight excluding hydrogens is 470 g/mol. The van der Waals surface area contributed by atoms with E-state index in [9.17, 15) is 24.6 Å². The van der Waals surface area contributed by atoms with Crippen LogP contribution in [0.2, 0.25) is 0 Å². The predicted octanol–water partition coefficient (Wildman–Crippen LogP) is 4.02. The van der Waals surface area contributed by atoms with Gasteiger partial charge in [-0.2, -0.15) is 0 Å². The number of aliphatic hydroxyl groups excluding tert-OH is 1. The number of anilines is 1. The quantitative estimate of drug-likeness (QED) is 0.245. The number of pyridine rings is 1. The van der Waals surface area contributed by atoms with Gasteiger partial charge in [0.15, 0.2) is 5.13 Å². The first-order chi connectivity index (χ1) is 16.9. The van der Waals surface area contributed by atoms with Crippen molar-refractivity contribution >= 4 is 50.1 Å². The number of carbonyl (C=O) groups excluding carboxylic acids is 2. The van der Waals surface area contributed by atoms with Gasteiger partial charge in [0.1, 0.15) is 11.5 Å². The lowest BCUT2D eigenvalue weighted by molar-refractivity contribution is -0.132. The maximum absolute atomic E-state index is 13.3. The molecule has 2 N–H and O–H groups in total. The number of methoxy groups -OCH3 is 1. The number of carboxylic acid groups (broad SMARTS) is 1. The van der Waals surface area contributed by atoms with Gasteiger partial charge >= 0.3 is 11.9 Å². The zero-order valence-corrected chi connectivity index (χ0v) is 19.0. The van der Waals surface area contributed by atoms with Crippen molar-refractivity contribution in [1.29, 1.82) is 0 Å². The van der Waals surface area contributed by atoms with Gasteiger partial charge in [0, 0.05) is 18.0 Å². The van der Waals surface area contributed by atoms with Gasteiger partial charge in [-0.05, 0) is 54.1 Å².